The van der Waals surface area contributed by atoms with Crippen molar-refractivity contribution in [2.24, 2.45) is 0 Å². The predicted molar refractivity (Wildman–Crippen MR) is 84.5 cm³/mol. The van der Waals surface area contributed by atoms with E-state index in [-0.39, 0.29) is 4.90 Å². The van der Waals surface area contributed by atoms with Crippen molar-refractivity contribution in [1.82, 2.24) is 9.62 Å². The highest BCUT2D eigenvalue weighted by atomic mass is 32.2. The van der Waals surface area contributed by atoms with Crippen LogP contribution in [0.1, 0.15) is 6.42 Å². The summed E-state index contributed by atoms with van der Waals surface area (Å²) in [4.78, 5) is 2.38. The second kappa shape index (κ2) is 7.48. The first-order valence-corrected chi connectivity index (χ1v) is 9.33. The topological polar surface area (TPSA) is 77.1 Å². The SMILES string of the molecule is O=S(=O)(NCCN1CCOCC1)c1ccc2c(c1)OCCCO2. The number of fused-ring (bicyclic) bond motifs is 1. The number of hydrogen-bond donors (Lipinski definition) is 1. The smallest absolute Gasteiger partial charge is 0.240 e. The zero-order valence-corrected chi connectivity index (χ0v) is 13.8. The summed E-state index contributed by atoms with van der Waals surface area (Å²) in [5.41, 5.74) is 0. The van der Waals surface area contributed by atoms with Crippen molar-refractivity contribution in [3.63, 3.8) is 0 Å². The summed E-state index contributed by atoms with van der Waals surface area (Å²) in [6.45, 7) is 5.24. The minimum absolute atomic E-state index is 0.198. The third kappa shape index (κ3) is 4.35. The van der Waals surface area contributed by atoms with E-state index < -0.39 is 10.0 Å². The van der Waals surface area contributed by atoms with Crippen LogP contribution in [0.15, 0.2) is 23.1 Å². The molecule has 8 heteroatoms. The fourth-order valence-corrected chi connectivity index (χ4v) is 3.59. The van der Waals surface area contributed by atoms with Crippen molar-refractivity contribution in [2.45, 2.75) is 11.3 Å². The number of ether oxygens (including phenoxy) is 3. The van der Waals surface area contributed by atoms with Crippen LogP contribution in [0.4, 0.5) is 0 Å². The van der Waals surface area contributed by atoms with Crippen molar-refractivity contribution >= 4 is 10.0 Å². The largest absolute Gasteiger partial charge is 0.490 e. The van der Waals surface area contributed by atoms with E-state index in [1.807, 2.05) is 0 Å². The molecule has 1 saturated heterocycles. The van der Waals surface area contributed by atoms with E-state index in [1.165, 1.54) is 6.07 Å². The molecule has 0 spiro atoms. The number of sulfonamides is 1. The van der Waals surface area contributed by atoms with Crippen molar-refractivity contribution in [1.29, 1.82) is 0 Å². The molecular formula is C15H22N2O5S. The Bertz CT molecular complexity index is 629. The highest BCUT2D eigenvalue weighted by Gasteiger charge is 2.19. The van der Waals surface area contributed by atoms with Gasteiger partial charge in [0.25, 0.3) is 0 Å². The lowest BCUT2D eigenvalue weighted by Crippen LogP contribution is -2.41. The Balaban J connectivity index is 1.61. The fourth-order valence-electron chi connectivity index (χ4n) is 2.56. The maximum atomic E-state index is 12.4. The Hall–Kier alpha value is -1.35. The molecule has 128 valence electrons. The lowest BCUT2D eigenvalue weighted by atomic mass is 10.3. The first kappa shape index (κ1) is 16.5. The van der Waals surface area contributed by atoms with Crippen molar-refractivity contribution in [2.75, 3.05) is 52.6 Å². The van der Waals surface area contributed by atoms with Gasteiger partial charge >= 0.3 is 0 Å². The molecule has 0 atom stereocenters. The van der Waals surface area contributed by atoms with E-state index in [0.717, 1.165) is 19.5 Å². The molecule has 1 aromatic rings. The van der Waals surface area contributed by atoms with Gasteiger partial charge in [0.1, 0.15) is 0 Å². The van der Waals surface area contributed by atoms with Gasteiger partial charge in [-0.1, -0.05) is 0 Å². The first-order chi connectivity index (χ1) is 11.1. The average molecular weight is 342 g/mol. The molecule has 0 saturated carbocycles. The molecule has 0 unspecified atom stereocenters. The van der Waals surface area contributed by atoms with Crippen LogP contribution >= 0.6 is 0 Å². The summed E-state index contributed by atoms with van der Waals surface area (Å²) in [6.07, 6.45) is 0.786. The van der Waals surface area contributed by atoms with Gasteiger partial charge in [0.2, 0.25) is 10.0 Å². The molecule has 1 fully saturated rings. The molecule has 3 rings (SSSR count). The molecule has 0 amide bonds. The summed E-state index contributed by atoms with van der Waals surface area (Å²) in [5, 5.41) is 0. The van der Waals surface area contributed by atoms with Crippen LogP contribution in [-0.4, -0.2) is 65.9 Å². The number of nitrogens with zero attached hydrogens (tertiary/aromatic N) is 1. The van der Waals surface area contributed by atoms with E-state index in [9.17, 15) is 8.42 Å². The van der Waals surface area contributed by atoms with E-state index in [0.29, 0.717) is 51.0 Å². The summed E-state index contributed by atoms with van der Waals surface area (Å²) < 4.78 is 43.8. The maximum absolute atomic E-state index is 12.4. The third-order valence-corrected chi connectivity index (χ3v) is 5.31. The molecule has 23 heavy (non-hydrogen) atoms. The van der Waals surface area contributed by atoms with Gasteiger partial charge in [-0.2, -0.15) is 0 Å². The molecular weight excluding hydrogens is 320 g/mol. The number of rotatable bonds is 5. The quantitative estimate of drug-likeness (QED) is 0.838. The van der Waals surface area contributed by atoms with Gasteiger partial charge in [-0.25, -0.2) is 13.1 Å². The van der Waals surface area contributed by atoms with Crippen LogP contribution in [0.3, 0.4) is 0 Å². The Labute approximate surface area is 136 Å². The van der Waals surface area contributed by atoms with E-state index in [1.54, 1.807) is 12.1 Å². The minimum Gasteiger partial charge on any atom is -0.490 e. The normalized spacial score (nSPS) is 19.3. The van der Waals surface area contributed by atoms with Crippen molar-refractivity contribution in [3.8, 4) is 11.5 Å². The number of benzene rings is 1. The van der Waals surface area contributed by atoms with Gasteiger partial charge in [0.05, 0.1) is 31.3 Å². The molecule has 0 aliphatic carbocycles. The van der Waals surface area contributed by atoms with Gasteiger partial charge in [-0.15, -0.1) is 0 Å². The van der Waals surface area contributed by atoms with Crippen LogP contribution in [0, 0.1) is 0 Å². The third-order valence-electron chi connectivity index (χ3n) is 3.85. The van der Waals surface area contributed by atoms with Gasteiger partial charge in [0.15, 0.2) is 11.5 Å². The van der Waals surface area contributed by atoms with Crippen molar-refractivity contribution < 1.29 is 22.6 Å². The Morgan fingerprint density at radius 2 is 1.78 bits per heavy atom. The first-order valence-electron chi connectivity index (χ1n) is 7.84. The monoisotopic (exact) mass is 342 g/mol. The molecule has 2 aliphatic rings. The predicted octanol–water partition coefficient (Wildman–Crippen LogP) is 0.458. The second-order valence-corrected chi connectivity index (χ2v) is 7.28. The summed E-state index contributed by atoms with van der Waals surface area (Å²) in [5.74, 6) is 1.08. The molecule has 0 radical (unpaired) electrons. The van der Waals surface area contributed by atoms with Crippen molar-refractivity contribution in [3.05, 3.63) is 18.2 Å². The zero-order valence-electron chi connectivity index (χ0n) is 13.0. The lowest BCUT2D eigenvalue weighted by molar-refractivity contribution is 0.0390. The molecule has 2 heterocycles. The number of morpholine rings is 1. The standard InChI is InChI=1S/C15H22N2O5S/c18-23(19,16-4-5-17-6-10-20-11-7-17)13-2-3-14-15(12-13)22-9-1-8-21-14/h2-3,12,16H,1,4-11H2. The maximum Gasteiger partial charge on any atom is 0.240 e. The fraction of sp³-hybridized carbons (Fsp3) is 0.600. The minimum atomic E-state index is -3.55. The summed E-state index contributed by atoms with van der Waals surface area (Å²) >= 11 is 0. The van der Waals surface area contributed by atoms with Gasteiger partial charge in [0, 0.05) is 38.7 Å². The van der Waals surface area contributed by atoms with Crippen LogP contribution in [-0.2, 0) is 14.8 Å². The molecule has 0 aromatic heterocycles. The molecule has 1 N–H and O–H groups in total. The molecule has 7 nitrogen and oxygen atoms in total. The van der Waals surface area contributed by atoms with Gasteiger partial charge in [-0.05, 0) is 12.1 Å². The van der Waals surface area contributed by atoms with E-state index in [4.69, 9.17) is 14.2 Å². The number of hydrogen-bond acceptors (Lipinski definition) is 6. The number of nitrogens with one attached hydrogen (secondary N) is 1. The summed E-state index contributed by atoms with van der Waals surface area (Å²) in [7, 11) is -3.55. The van der Waals surface area contributed by atoms with Crippen LogP contribution in [0.2, 0.25) is 0 Å². The zero-order chi connectivity index (χ0) is 16.1. The van der Waals surface area contributed by atoms with Gasteiger partial charge in [-0.3, -0.25) is 4.90 Å². The Kier molecular flexibility index (Phi) is 5.37. The summed E-state index contributed by atoms with van der Waals surface area (Å²) in [6, 6.07) is 4.72. The Morgan fingerprint density at radius 1 is 1.04 bits per heavy atom. The lowest BCUT2D eigenvalue weighted by Gasteiger charge is -2.26. The Morgan fingerprint density at radius 3 is 2.57 bits per heavy atom. The molecule has 2 aliphatic heterocycles. The highest BCUT2D eigenvalue weighted by Crippen LogP contribution is 2.31. The average Bonchev–Trinajstić information content (AvgIpc) is 2.80. The van der Waals surface area contributed by atoms with Crippen LogP contribution < -0.4 is 14.2 Å². The van der Waals surface area contributed by atoms with Gasteiger partial charge < -0.3 is 14.2 Å². The van der Waals surface area contributed by atoms with Crippen LogP contribution in [0.5, 0.6) is 11.5 Å². The van der Waals surface area contributed by atoms with E-state index in [2.05, 4.69) is 9.62 Å². The molecule has 0 bridgehead atoms. The second-order valence-electron chi connectivity index (χ2n) is 5.51. The van der Waals surface area contributed by atoms with E-state index >= 15 is 0 Å². The highest BCUT2D eigenvalue weighted by molar-refractivity contribution is 7.89. The van der Waals surface area contributed by atoms with Crippen LogP contribution in [0.25, 0.3) is 0 Å². The molecule has 1 aromatic carbocycles.